The Morgan fingerprint density at radius 2 is 1.76 bits per heavy atom. The van der Waals surface area contributed by atoms with Gasteiger partial charge in [-0.15, -0.1) is 0 Å². The van der Waals surface area contributed by atoms with E-state index in [2.05, 4.69) is 5.32 Å². The van der Waals surface area contributed by atoms with Crippen molar-refractivity contribution in [1.82, 2.24) is 0 Å². The zero-order chi connectivity index (χ0) is 15.2. The maximum absolute atomic E-state index is 12.9. The number of rotatable bonds is 1. The van der Waals surface area contributed by atoms with Gasteiger partial charge in [-0.05, 0) is 51.1 Å². The Hall–Kier alpha value is -2.00. The Balaban J connectivity index is 2.11. The second-order valence-corrected chi connectivity index (χ2v) is 6.29. The van der Waals surface area contributed by atoms with E-state index in [1.165, 1.54) is 5.56 Å². The first kappa shape index (κ1) is 14.0. The van der Waals surface area contributed by atoms with Gasteiger partial charge in [0, 0.05) is 10.7 Å². The van der Waals surface area contributed by atoms with Crippen LogP contribution in [0.15, 0.2) is 42.5 Å². The first-order valence-electron chi connectivity index (χ1n) is 6.87. The highest BCUT2D eigenvalue weighted by Gasteiger charge is 2.38. The summed E-state index contributed by atoms with van der Waals surface area (Å²) in [7, 11) is 0. The van der Waals surface area contributed by atoms with Gasteiger partial charge in [0.1, 0.15) is 5.66 Å². The summed E-state index contributed by atoms with van der Waals surface area (Å²) >= 11 is 6.02. The van der Waals surface area contributed by atoms with E-state index in [0.717, 1.165) is 11.4 Å². The van der Waals surface area contributed by atoms with Crippen molar-refractivity contribution in [2.75, 3.05) is 10.2 Å². The van der Waals surface area contributed by atoms with Gasteiger partial charge in [0.25, 0.3) is 5.91 Å². The van der Waals surface area contributed by atoms with Crippen molar-refractivity contribution in [3.05, 3.63) is 58.6 Å². The fourth-order valence-corrected chi connectivity index (χ4v) is 2.87. The zero-order valence-corrected chi connectivity index (χ0v) is 13.0. The highest BCUT2D eigenvalue weighted by Crippen LogP contribution is 2.36. The lowest BCUT2D eigenvalue weighted by Crippen LogP contribution is -2.56. The lowest BCUT2D eigenvalue weighted by Gasteiger charge is -2.44. The molecule has 0 aromatic heterocycles. The van der Waals surface area contributed by atoms with Crippen molar-refractivity contribution in [1.29, 1.82) is 0 Å². The molecule has 1 heterocycles. The smallest absolute Gasteiger partial charge is 0.262 e. The molecule has 108 valence electrons. The number of amides is 1. The van der Waals surface area contributed by atoms with Gasteiger partial charge < -0.3 is 5.32 Å². The van der Waals surface area contributed by atoms with Gasteiger partial charge in [-0.3, -0.25) is 9.69 Å². The van der Waals surface area contributed by atoms with Crippen LogP contribution in [0.1, 0.15) is 29.8 Å². The molecule has 0 fully saturated rings. The quantitative estimate of drug-likeness (QED) is 0.843. The van der Waals surface area contributed by atoms with Crippen LogP contribution in [0, 0.1) is 6.92 Å². The van der Waals surface area contributed by atoms with Crippen molar-refractivity contribution >= 4 is 28.9 Å². The molecule has 0 atom stereocenters. The van der Waals surface area contributed by atoms with Crippen LogP contribution in [0.4, 0.5) is 11.4 Å². The molecule has 0 unspecified atom stereocenters. The van der Waals surface area contributed by atoms with Gasteiger partial charge in [0.05, 0.1) is 11.3 Å². The Bertz CT molecular complexity index is 707. The van der Waals surface area contributed by atoms with Gasteiger partial charge in [-0.25, -0.2) is 0 Å². The predicted molar refractivity (Wildman–Crippen MR) is 87.1 cm³/mol. The van der Waals surface area contributed by atoms with Gasteiger partial charge in [-0.1, -0.05) is 29.3 Å². The molecule has 3 rings (SSSR count). The van der Waals surface area contributed by atoms with Crippen LogP contribution >= 0.6 is 11.6 Å². The molecule has 0 aliphatic carbocycles. The summed E-state index contributed by atoms with van der Waals surface area (Å²) in [6, 6.07) is 13.3. The Morgan fingerprint density at radius 3 is 2.43 bits per heavy atom. The number of hydrogen-bond acceptors (Lipinski definition) is 2. The van der Waals surface area contributed by atoms with Crippen LogP contribution in [0.2, 0.25) is 5.02 Å². The maximum Gasteiger partial charge on any atom is 0.262 e. The zero-order valence-electron chi connectivity index (χ0n) is 12.3. The highest BCUT2D eigenvalue weighted by atomic mass is 35.5. The van der Waals surface area contributed by atoms with Crippen molar-refractivity contribution in [2.45, 2.75) is 26.4 Å². The molecule has 0 saturated heterocycles. The number of carbonyl (C=O) groups excluding carboxylic acids is 1. The molecule has 1 aliphatic rings. The average Bonchev–Trinajstić information content (AvgIpc) is 2.39. The van der Waals surface area contributed by atoms with E-state index in [-0.39, 0.29) is 5.91 Å². The minimum absolute atomic E-state index is 0.0192. The second kappa shape index (κ2) is 4.78. The second-order valence-electron chi connectivity index (χ2n) is 5.85. The predicted octanol–water partition coefficient (Wildman–Crippen LogP) is 4.46. The number of benzene rings is 2. The fraction of sp³-hybridized carbons (Fsp3) is 0.235. The van der Waals surface area contributed by atoms with E-state index in [1.54, 1.807) is 23.1 Å². The number of nitrogens with one attached hydrogen (secondary N) is 1. The maximum atomic E-state index is 12.9. The van der Waals surface area contributed by atoms with E-state index >= 15 is 0 Å². The van der Waals surface area contributed by atoms with E-state index in [1.807, 2.05) is 45.0 Å². The van der Waals surface area contributed by atoms with E-state index < -0.39 is 5.66 Å². The standard InChI is InChI=1S/C17H17ClN2O/c1-11-4-7-13(8-5-11)20-16(21)14-9-6-12(18)10-15(14)19-17(20,2)3/h4-10,19H,1-3H3. The molecule has 21 heavy (non-hydrogen) atoms. The molecular weight excluding hydrogens is 284 g/mol. The molecule has 1 amide bonds. The number of nitrogens with zero attached hydrogens (tertiary/aromatic N) is 1. The summed E-state index contributed by atoms with van der Waals surface area (Å²) in [4.78, 5) is 14.7. The minimum Gasteiger partial charge on any atom is -0.362 e. The van der Waals surface area contributed by atoms with Crippen molar-refractivity contribution in [2.24, 2.45) is 0 Å². The number of anilines is 2. The van der Waals surface area contributed by atoms with E-state index in [4.69, 9.17) is 11.6 Å². The van der Waals surface area contributed by atoms with Gasteiger partial charge in [-0.2, -0.15) is 0 Å². The number of fused-ring (bicyclic) bond motifs is 1. The molecule has 0 bridgehead atoms. The molecule has 3 nitrogen and oxygen atoms in total. The molecule has 0 radical (unpaired) electrons. The third kappa shape index (κ3) is 2.38. The molecule has 2 aromatic carbocycles. The minimum atomic E-state index is -0.524. The van der Waals surface area contributed by atoms with Crippen molar-refractivity contribution < 1.29 is 4.79 Å². The lowest BCUT2D eigenvalue weighted by molar-refractivity contribution is 0.0961. The van der Waals surface area contributed by atoms with Gasteiger partial charge in [0.2, 0.25) is 0 Å². The lowest BCUT2D eigenvalue weighted by atomic mass is 10.0. The first-order chi connectivity index (χ1) is 9.88. The summed E-state index contributed by atoms with van der Waals surface area (Å²) in [5.41, 5.74) is 2.94. The molecule has 2 aromatic rings. The van der Waals surface area contributed by atoms with Gasteiger partial charge in [0.15, 0.2) is 0 Å². The van der Waals surface area contributed by atoms with Crippen LogP contribution in [0.5, 0.6) is 0 Å². The largest absolute Gasteiger partial charge is 0.362 e. The van der Waals surface area contributed by atoms with Crippen LogP contribution in [0.25, 0.3) is 0 Å². The molecule has 0 saturated carbocycles. The number of halogens is 1. The summed E-state index contributed by atoms with van der Waals surface area (Å²) < 4.78 is 0. The summed E-state index contributed by atoms with van der Waals surface area (Å²) in [5.74, 6) is -0.0192. The first-order valence-corrected chi connectivity index (χ1v) is 7.25. The molecule has 1 aliphatic heterocycles. The SMILES string of the molecule is Cc1ccc(N2C(=O)c3ccc(Cl)cc3NC2(C)C)cc1. The van der Waals surface area contributed by atoms with E-state index in [0.29, 0.717) is 10.6 Å². The van der Waals surface area contributed by atoms with Crippen LogP contribution in [-0.2, 0) is 0 Å². The van der Waals surface area contributed by atoms with Crippen LogP contribution < -0.4 is 10.2 Å². The Kier molecular flexibility index (Phi) is 3.18. The molecule has 4 heteroatoms. The normalized spacial score (nSPS) is 16.4. The van der Waals surface area contributed by atoms with Crippen molar-refractivity contribution in [3.8, 4) is 0 Å². The summed E-state index contributed by atoms with van der Waals surface area (Å²) in [6.07, 6.45) is 0. The summed E-state index contributed by atoms with van der Waals surface area (Å²) in [5, 5.41) is 4.01. The third-order valence-corrected chi connectivity index (χ3v) is 3.94. The fourth-order valence-electron chi connectivity index (χ4n) is 2.70. The third-order valence-electron chi connectivity index (χ3n) is 3.71. The number of aryl methyl sites for hydroxylation is 1. The average molecular weight is 301 g/mol. The summed E-state index contributed by atoms with van der Waals surface area (Å²) in [6.45, 7) is 5.99. The van der Waals surface area contributed by atoms with Crippen LogP contribution in [0.3, 0.4) is 0 Å². The van der Waals surface area contributed by atoms with Crippen molar-refractivity contribution in [3.63, 3.8) is 0 Å². The van der Waals surface area contributed by atoms with Crippen LogP contribution in [-0.4, -0.2) is 11.6 Å². The molecule has 1 N–H and O–H groups in total. The molecular formula is C17H17ClN2O. The van der Waals surface area contributed by atoms with E-state index in [9.17, 15) is 4.79 Å². The highest BCUT2D eigenvalue weighted by molar-refractivity contribution is 6.31. The van der Waals surface area contributed by atoms with Gasteiger partial charge >= 0.3 is 0 Å². The number of carbonyl (C=O) groups is 1. The Labute approximate surface area is 129 Å². The number of hydrogen-bond donors (Lipinski definition) is 1. The Morgan fingerprint density at radius 1 is 1.10 bits per heavy atom. The monoisotopic (exact) mass is 300 g/mol. The topological polar surface area (TPSA) is 32.3 Å². The molecule has 0 spiro atoms.